The highest BCUT2D eigenvalue weighted by molar-refractivity contribution is 7.12. The normalized spacial score (nSPS) is 11.3. The second-order valence-electron chi connectivity index (χ2n) is 5.03. The summed E-state index contributed by atoms with van der Waals surface area (Å²) < 4.78 is 2.61. The van der Waals surface area contributed by atoms with E-state index in [4.69, 9.17) is 23.2 Å². The van der Waals surface area contributed by atoms with Crippen molar-refractivity contribution in [3.63, 3.8) is 0 Å². The van der Waals surface area contributed by atoms with Gasteiger partial charge in [0.15, 0.2) is 0 Å². The number of nitrogens with zero attached hydrogens (tertiary/aromatic N) is 5. The van der Waals surface area contributed by atoms with Crippen LogP contribution in [0.3, 0.4) is 0 Å². The van der Waals surface area contributed by atoms with Crippen LogP contribution in [-0.2, 0) is 13.2 Å². The van der Waals surface area contributed by atoms with E-state index >= 15 is 0 Å². The van der Waals surface area contributed by atoms with Gasteiger partial charge in [-0.2, -0.15) is 9.36 Å². The van der Waals surface area contributed by atoms with E-state index in [-0.39, 0.29) is 5.69 Å². The van der Waals surface area contributed by atoms with E-state index < -0.39 is 0 Å². The Labute approximate surface area is 146 Å². The zero-order valence-electron chi connectivity index (χ0n) is 12.2. The summed E-state index contributed by atoms with van der Waals surface area (Å²) in [5.74, 6) is 0. The molecule has 0 N–H and O–H groups in total. The Morgan fingerprint density at radius 3 is 2.74 bits per heavy atom. The molecule has 23 heavy (non-hydrogen) atoms. The maximum atomic E-state index is 12.3. The number of thiophene rings is 1. The molecule has 0 atom stereocenters. The lowest BCUT2D eigenvalue weighted by Gasteiger charge is -2.15. The second-order valence-corrected chi connectivity index (χ2v) is 6.77. The zero-order valence-corrected chi connectivity index (χ0v) is 14.5. The van der Waals surface area contributed by atoms with Gasteiger partial charge in [-0.15, -0.1) is 11.3 Å². The molecule has 120 valence electrons. The molecule has 0 amide bonds. The lowest BCUT2D eigenvalue weighted by Crippen LogP contribution is -2.31. The van der Waals surface area contributed by atoms with Crippen LogP contribution in [0.1, 0.15) is 5.56 Å². The van der Waals surface area contributed by atoms with Crippen molar-refractivity contribution >= 4 is 34.5 Å². The monoisotopic (exact) mass is 369 g/mol. The molecule has 0 unspecified atom stereocenters. The van der Waals surface area contributed by atoms with E-state index in [1.165, 1.54) is 20.7 Å². The summed E-state index contributed by atoms with van der Waals surface area (Å²) in [5.41, 5.74) is 0.731. The van der Waals surface area contributed by atoms with Gasteiger partial charge in [-0.3, -0.25) is 4.90 Å². The van der Waals surface area contributed by atoms with Crippen molar-refractivity contribution < 1.29 is 0 Å². The Kier molecular flexibility index (Phi) is 4.82. The Hall–Kier alpha value is -1.67. The van der Waals surface area contributed by atoms with E-state index in [1.54, 1.807) is 6.07 Å². The SMILES string of the molecule is CN(Cc1ccc(Cl)c(Cl)c1)Cn1nnn(-c2cccs2)c1=O. The Balaban J connectivity index is 1.72. The average molecular weight is 370 g/mol. The van der Waals surface area contributed by atoms with Crippen molar-refractivity contribution in [2.24, 2.45) is 0 Å². The van der Waals surface area contributed by atoms with Crippen LogP contribution in [0.5, 0.6) is 0 Å². The minimum Gasteiger partial charge on any atom is -0.283 e. The van der Waals surface area contributed by atoms with E-state index in [0.29, 0.717) is 23.3 Å². The molecule has 0 radical (unpaired) electrons. The molecule has 9 heteroatoms. The molecule has 0 saturated carbocycles. The van der Waals surface area contributed by atoms with Gasteiger partial charge in [0, 0.05) is 6.54 Å². The first-order valence-corrected chi connectivity index (χ1v) is 8.37. The summed E-state index contributed by atoms with van der Waals surface area (Å²) in [6, 6.07) is 9.15. The summed E-state index contributed by atoms with van der Waals surface area (Å²) in [6.07, 6.45) is 0. The molecule has 2 heterocycles. The van der Waals surface area contributed by atoms with Gasteiger partial charge in [0.25, 0.3) is 0 Å². The predicted octanol–water partition coefficient (Wildman–Crippen LogP) is 2.89. The van der Waals surface area contributed by atoms with Crippen molar-refractivity contribution in [2.45, 2.75) is 13.2 Å². The van der Waals surface area contributed by atoms with Gasteiger partial charge in [-0.05, 0) is 52.7 Å². The van der Waals surface area contributed by atoms with Gasteiger partial charge in [0.1, 0.15) is 11.7 Å². The Morgan fingerprint density at radius 2 is 2.04 bits per heavy atom. The molecule has 2 aromatic heterocycles. The van der Waals surface area contributed by atoms with Crippen LogP contribution in [0, 0.1) is 0 Å². The van der Waals surface area contributed by atoms with Crippen LogP contribution < -0.4 is 5.69 Å². The third-order valence-electron chi connectivity index (χ3n) is 3.17. The topological polar surface area (TPSA) is 56.0 Å². The van der Waals surface area contributed by atoms with Gasteiger partial charge < -0.3 is 0 Å². The summed E-state index contributed by atoms with van der Waals surface area (Å²) in [6.45, 7) is 0.930. The van der Waals surface area contributed by atoms with E-state index in [2.05, 4.69) is 10.4 Å². The minimum atomic E-state index is -0.270. The quantitative estimate of drug-likeness (QED) is 0.693. The smallest absolute Gasteiger partial charge is 0.283 e. The first-order chi connectivity index (χ1) is 11.0. The number of hydrogen-bond acceptors (Lipinski definition) is 5. The van der Waals surface area contributed by atoms with E-state index in [1.807, 2.05) is 41.6 Å². The summed E-state index contributed by atoms with van der Waals surface area (Å²) >= 11 is 13.4. The molecule has 6 nitrogen and oxygen atoms in total. The third-order valence-corrected chi connectivity index (χ3v) is 4.75. The first-order valence-electron chi connectivity index (χ1n) is 6.74. The van der Waals surface area contributed by atoms with Gasteiger partial charge in [0.05, 0.1) is 10.0 Å². The van der Waals surface area contributed by atoms with Crippen LogP contribution in [0.2, 0.25) is 10.0 Å². The predicted molar refractivity (Wildman–Crippen MR) is 91.4 cm³/mol. The van der Waals surface area contributed by atoms with Crippen LogP contribution in [0.25, 0.3) is 5.00 Å². The minimum absolute atomic E-state index is 0.270. The van der Waals surface area contributed by atoms with Crippen LogP contribution >= 0.6 is 34.5 Å². The summed E-state index contributed by atoms with van der Waals surface area (Å²) in [7, 11) is 1.89. The fourth-order valence-corrected chi connectivity index (χ4v) is 3.11. The zero-order chi connectivity index (χ0) is 16.4. The first kappa shape index (κ1) is 16.2. The molecule has 0 aliphatic rings. The number of hydrogen-bond donors (Lipinski definition) is 0. The van der Waals surface area contributed by atoms with Crippen molar-refractivity contribution in [3.05, 3.63) is 61.8 Å². The largest absolute Gasteiger partial charge is 0.370 e. The van der Waals surface area contributed by atoms with Crippen molar-refractivity contribution in [1.29, 1.82) is 0 Å². The number of aromatic nitrogens is 4. The molecule has 0 fully saturated rings. The molecule has 0 spiro atoms. The van der Waals surface area contributed by atoms with Crippen LogP contribution in [0.15, 0.2) is 40.5 Å². The maximum Gasteiger partial charge on any atom is 0.370 e. The van der Waals surface area contributed by atoms with Gasteiger partial charge >= 0.3 is 5.69 Å². The fourth-order valence-electron chi connectivity index (χ4n) is 2.12. The molecule has 0 saturated heterocycles. The summed E-state index contributed by atoms with van der Waals surface area (Å²) in [4.78, 5) is 14.2. The second kappa shape index (κ2) is 6.84. The summed E-state index contributed by atoms with van der Waals surface area (Å²) in [5, 5.41) is 11.5. The highest BCUT2D eigenvalue weighted by Gasteiger charge is 2.11. The highest BCUT2D eigenvalue weighted by Crippen LogP contribution is 2.23. The molecule has 0 aliphatic heterocycles. The number of halogens is 2. The van der Waals surface area contributed by atoms with E-state index in [9.17, 15) is 4.79 Å². The van der Waals surface area contributed by atoms with Gasteiger partial charge in [-0.25, -0.2) is 4.79 Å². The Morgan fingerprint density at radius 1 is 1.22 bits per heavy atom. The number of rotatable bonds is 5. The molecule has 3 aromatic rings. The fraction of sp³-hybridized carbons (Fsp3) is 0.214. The molecule has 0 bridgehead atoms. The molecule has 3 rings (SSSR count). The van der Waals surface area contributed by atoms with Crippen molar-refractivity contribution in [3.8, 4) is 5.00 Å². The molecular formula is C14H13Cl2N5OS. The average Bonchev–Trinajstić information content (AvgIpc) is 3.14. The highest BCUT2D eigenvalue weighted by atomic mass is 35.5. The van der Waals surface area contributed by atoms with E-state index in [0.717, 1.165) is 10.6 Å². The molecular weight excluding hydrogens is 357 g/mol. The van der Waals surface area contributed by atoms with Crippen LogP contribution in [0.4, 0.5) is 0 Å². The lowest BCUT2D eigenvalue weighted by molar-refractivity contribution is 0.239. The van der Waals surface area contributed by atoms with Crippen molar-refractivity contribution in [1.82, 2.24) is 24.7 Å². The van der Waals surface area contributed by atoms with Gasteiger partial charge in [-0.1, -0.05) is 29.3 Å². The standard InChI is InChI=1S/C14H13Cl2N5OS/c1-19(8-10-4-5-11(15)12(16)7-10)9-20-14(22)21(18-17-20)13-3-2-6-23-13/h2-7H,8-9H2,1H3. The maximum absolute atomic E-state index is 12.3. The lowest BCUT2D eigenvalue weighted by atomic mass is 10.2. The molecule has 0 aliphatic carbocycles. The van der Waals surface area contributed by atoms with Crippen LogP contribution in [-0.4, -0.2) is 31.7 Å². The Bertz CT molecular complexity index is 858. The van der Waals surface area contributed by atoms with Crippen molar-refractivity contribution in [2.75, 3.05) is 7.05 Å². The number of benzene rings is 1. The number of tetrazole rings is 1. The van der Waals surface area contributed by atoms with Gasteiger partial charge in [0.2, 0.25) is 0 Å². The molecule has 1 aromatic carbocycles. The third kappa shape index (κ3) is 3.64.